The lowest BCUT2D eigenvalue weighted by Crippen LogP contribution is -1.98. The number of nitrogens with zero attached hydrogens (tertiary/aromatic N) is 4. The lowest BCUT2D eigenvalue weighted by molar-refractivity contribution is 1.00. The molecule has 0 radical (unpaired) electrons. The van der Waals surface area contributed by atoms with Crippen molar-refractivity contribution in [3.05, 3.63) is 352 Å². The highest BCUT2D eigenvalue weighted by molar-refractivity contribution is 6.28. The molecule has 4 heteroatoms. The highest BCUT2D eigenvalue weighted by atomic mass is 15.1. The van der Waals surface area contributed by atoms with Crippen LogP contribution < -0.4 is 0 Å². The second kappa shape index (κ2) is 22.6. The SMILES string of the molecule is Cc1nc2c(-c3ccc4c5ccc(-c6c7ccccc7c(-c7ccc(-n8c(-c9ccccc9)nc9ccccc98)cc7)c7ccccc67)cc5c5ccccc5c4c3)cccc2n1-c1ccc(-c2c3ccccc3c(-c3ccc(-c4cccc5ccccc45)cc3)c3ccccc23)cc1. The Morgan fingerprint density at radius 2 is 0.596 bits per heavy atom. The van der Waals surface area contributed by atoms with Gasteiger partial charge in [0.2, 0.25) is 0 Å². The molecule has 460 valence electrons. The van der Waals surface area contributed by atoms with Gasteiger partial charge in [0.15, 0.2) is 0 Å². The number of benzene rings is 18. The van der Waals surface area contributed by atoms with Crippen molar-refractivity contribution in [1.82, 2.24) is 19.1 Å². The van der Waals surface area contributed by atoms with Crippen molar-refractivity contribution in [3.63, 3.8) is 0 Å². The van der Waals surface area contributed by atoms with Crippen molar-refractivity contribution in [3.8, 4) is 89.5 Å². The fourth-order valence-electron chi connectivity index (χ4n) is 16.5. The maximum atomic E-state index is 5.39. The monoisotopic (exact) mass is 1260 g/mol. The van der Waals surface area contributed by atoms with Crippen molar-refractivity contribution < 1.29 is 0 Å². The lowest BCUT2D eigenvalue weighted by Gasteiger charge is -2.19. The smallest absolute Gasteiger partial charge is 0.145 e. The van der Waals surface area contributed by atoms with Crippen LogP contribution >= 0.6 is 0 Å². The number of aryl methyl sites for hydroxylation is 1. The zero-order valence-corrected chi connectivity index (χ0v) is 54.2. The van der Waals surface area contributed by atoms with Crippen LogP contribution in [-0.2, 0) is 0 Å². The average molecular weight is 1260 g/mol. The van der Waals surface area contributed by atoms with Crippen molar-refractivity contribution in [2.24, 2.45) is 0 Å². The number of hydrogen-bond acceptors (Lipinski definition) is 2. The van der Waals surface area contributed by atoms with E-state index in [9.17, 15) is 0 Å². The topological polar surface area (TPSA) is 35.6 Å². The fraction of sp³-hybridized carbons (Fsp3) is 0.0105. The third-order valence-electron chi connectivity index (χ3n) is 20.8. The van der Waals surface area contributed by atoms with E-state index in [0.29, 0.717) is 0 Å². The number of para-hydroxylation sites is 3. The first kappa shape index (κ1) is 56.3. The third-order valence-corrected chi connectivity index (χ3v) is 20.8. The van der Waals surface area contributed by atoms with Crippen LogP contribution in [0.15, 0.2) is 346 Å². The second-order valence-corrected chi connectivity index (χ2v) is 26.2. The molecule has 0 atom stereocenters. The Balaban J connectivity index is 0.650. The molecule has 0 amide bonds. The van der Waals surface area contributed by atoms with Gasteiger partial charge in [-0.1, -0.05) is 291 Å². The number of fused-ring (bicyclic) bond motifs is 13. The summed E-state index contributed by atoms with van der Waals surface area (Å²) >= 11 is 0. The van der Waals surface area contributed by atoms with Crippen LogP contribution in [-0.4, -0.2) is 19.1 Å². The highest BCUT2D eigenvalue weighted by Gasteiger charge is 2.23. The largest absolute Gasteiger partial charge is 0.297 e. The van der Waals surface area contributed by atoms with Gasteiger partial charge in [-0.25, -0.2) is 9.97 Å². The summed E-state index contributed by atoms with van der Waals surface area (Å²) < 4.78 is 4.60. The van der Waals surface area contributed by atoms with Crippen LogP contribution in [0.5, 0.6) is 0 Å². The molecule has 2 aromatic heterocycles. The van der Waals surface area contributed by atoms with Gasteiger partial charge >= 0.3 is 0 Å². The van der Waals surface area contributed by atoms with Gasteiger partial charge < -0.3 is 0 Å². The standard InChI is InChI=1S/C95H60N4/c1-59-96-94-72(37-20-40-89(94)98(59)68-51-45-63(46-52-68)91-79-30-11-9-28-77(79)90(78-29-10-12-31-80(78)91)62-43-41-61(42-44-62)71-36-19-24-60-21-5-6-25-70(60)71)66-49-55-75-76-56-50-67(58-86(76)74-27-8-7-26-73(74)85(75)57-66)93-83-34-15-13-32-81(83)92(82-33-14-16-35-84(82)93)64-47-53-69(54-48-64)99-88-39-18-17-38-87(88)97-95(99)65-22-3-2-4-23-65/h2-58H,1H3. The first-order valence-electron chi connectivity index (χ1n) is 34.1. The average Bonchev–Trinajstić information content (AvgIpc) is 1.72. The molecule has 99 heavy (non-hydrogen) atoms. The van der Waals surface area contributed by atoms with Gasteiger partial charge in [0.05, 0.1) is 22.1 Å². The summed E-state index contributed by atoms with van der Waals surface area (Å²) in [6.07, 6.45) is 0. The van der Waals surface area contributed by atoms with E-state index in [1.165, 1.54) is 142 Å². The summed E-state index contributed by atoms with van der Waals surface area (Å²) in [6, 6.07) is 127. The van der Waals surface area contributed by atoms with E-state index in [-0.39, 0.29) is 0 Å². The fourth-order valence-corrected chi connectivity index (χ4v) is 16.5. The molecule has 4 nitrogen and oxygen atoms in total. The normalized spacial score (nSPS) is 11.9. The molecule has 0 N–H and O–H groups in total. The summed E-state index contributed by atoms with van der Waals surface area (Å²) in [7, 11) is 0. The third kappa shape index (κ3) is 8.93. The van der Waals surface area contributed by atoms with Gasteiger partial charge in [-0.05, 0) is 209 Å². The molecule has 18 aromatic carbocycles. The Morgan fingerprint density at radius 1 is 0.222 bits per heavy atom. The van der Waals surface area contributed by atoms with Crippen LogP contribution in [0.2, 0.25) is 0 Å². The minimum atomic E-state index is 0.927. The Morgan fingerprint density at radius 3 is 1.15 bits per heavy atom. The van der Waals surface area contributed by atoms with Crippen molar-refractivity contribution in [1.29, 1.82) is 0 Å². The first-order valence-corrected chi connectivity index (χ1v) is 34.1. The lowest BCUT2D eigenvalue weighted by atomic mass is 9.84. The van der Waals surface area contributed by atoms with Gasteiger partial charge in [0, 0.05) is 22.5 Å². The zero-order chi connectivity index (χ0) is 65.2. The summed E-state index contributed by atoms with van der Waals surface area (Å²) in [6.45, 7) is 2.13. The van der Waals surface area contributed by atoms with E-state index in [2.05, 4.69) is 362 Å². The molecule has 0 aliphatic rings. The predicted molar refractivity (Wildman–Crippen MR) is 419 cm³/mol. The summed E-state index contributed by atoms with van der Waals surface area (Å²) in [5.41, 5.74) is 21.7. The minimum absolute atomic E-state index is 0.927. The van der Waals surface area contributed by atoms with E-state index >= 15 is 0 Å². The molecule has 20 rings (SSSR count). The first-order chi connectivity index (χ1) is 49.0. The summed E-state index contributed by atoms with van der Waals surface area (Å²) in [5, 5.41) is 19.7. The van der Waals surface area contributed by atoms with Gasteiger partial charge in [0.1, 0.15) is 11.6 Å². The number of rotatable bonds is 9. The number of imidazole rings is 2. The van der Waals surface area contributed by atoms with Crippen LogP contribution in [0.1, 0.15) is 5.82 Å². The van der Waals surface area contributed by atoms with E-state index in [4.69, 9.17) is 9.97 Å². The molecule has 0 bridgehead atoms. The van der Waals surface area contributed by atoms with E-state index < -0.39 is 0 Å². The van der Waals surface area contributed by atoms with Crippen molar-refractivity contribution >= 4 is 108 Å². The Hall–Kier alpha value is -13.0. The molecule has 2 heterocycles. The Kier molecular flexibility index (Phi) is 12.8. The van der Waals surface area contributed by atoms with Gasteiger partial charge in [-0.3, -0.25) is 9.13 Å². The summed E-state index contributed by atoms with van der Waals surface area (Å²) in [5.74, 6) is 1.86. The Labute approximate surface area is 571 Å². The van der Waals surface area contributed by atoms with Gasteiger partial charge in [0.25, 0.3) is 0 Å². The van der Waals surface area contributed by atoms with Crippen molar-refractivity contribution in [2.45, 2.75) is 6.92 Å². The Bertz CT molecular complexity index is 6560. The summed E-state index contributed by atoms with van der Waals surface area (Å²) in [4.78, 5) is 10.5. The number of hydrogen-bond donors (Lipinski definition) is 0. The van der Waals surface area contributed by atoms with Crippen molar-refractivity contribution in [2.75, 3.05) is 0 Å². The molecule has 20 aromatic rings. The van der Waals surface area contributed by atoms with Crippen LogP contribution in [0, 0.1) is 6.92 Å². The van der Waals surface area contributed by atoms with Crippen LogP contribution in [0.3, 0.4) is 0 Å². The zero-order valence-electron chi connectivity index (χ0n) is 54.2. The van der Waals surface area contributed by atoms with E-state index in [1.807, 2.05) is 0 Å². The van der Waals surface area contributed by atoms with E-state index in [0.717, 1.165) is 61.8 Å². The minimum Gasteiger partial charge on any atom is -0.297 e. The quantitative estimate of drug-likeness (QED) is 0.107. The molecule has 0 aliphatic heterocycles. The van der Waals surface area contributed by atoms with Gasteiger partial charge in [-0.2, -0.15) is 0 Å². The molecule has 0 fully saturated rings. The molecule has 0 unspecified atom stereocenters. The molecule has 0 saturated carbocycles. The molecule has 0 aliphatic carbocycles. The predicted octanol–water partition coefficient (Wildman–Crippen LogP) is 25.6. The molecule has 0 spiro atoms. The highest BCUT2D eigenvalue weighted by Crippen LogP contribution is 2.49. The molecule has 0 saturated heterocycles. The molecular formula is C95H60N4. The maximum absolute atomic E-state index is 5.39. The second-order valence-electron chi connectivity index (χ2n) is 26.2. The number of aromatic nitrogens is 4. The molecular weight excluding hydrogens is 1200 g/mol. The van der Waals surface area contributed by atoms with Gasteiger partial charge in [-0.15, -0.1) is 0 Å². The maximum Gasteiger partial charge on any atom is 0.145 e. The van der Waals surface area contributed by atoms with Crippen LogP contribution in [0.25, 0.3) is 198 Å². The van der Waals surface area contributed by atoms with E-state index in [1.54, 1.807) is 0 Å². The van der Waals surface area contributed by atoms with Crippen LogP contribution in [0.4, 0.5) is 0 Å².